The molecule has 0 saturated heterocycles. The molecule has 7 rings (SSSR count). The van der Waals surface area contributed by atoms with Gasteiger partial charge in [-0.1, -0.05) is 98.8 Å². The van der Waals surface area contributed by atoms with Crippen molar-refractivity contribution in [1.29, 1.82) is 0 Å². The zero-order chi connectivity index (χ0) is 20.0. The Morgan fingerprint density at radius 1 is 0.533 bits per heavy atom. The lowest BCUT2D eigenvalue weighted by atomic mass is 9.81. The van der Waals surface area contributed by atoms with E-state index in [2.05, 4.69) is 98.8 Å². The van der Waals surface area contributed by atoms with Crippen LogP contribution in [0.2, 0.25) is 0 Å². The molecule has 0 amide bonds. The lowest BCUT2D eigenvalue weighted by Gasteiger charge is -2.22. The highest BCUT2D eigenvalue weighted by molar-refractivity contribution is 6.19. The van der Waals surface area contributed by atoms with Crippen LogP contribution in [0.5, 0.6) is 0 Å². The lowest BCUT2D eigenvalue weighted by Crippen LogP contribution is -2.14. The van der Waals surface area contributed by atoms with Crippen molar-refractivity contribution in [1.82, 2.24) is 0 Å². The van der Waals surface area contributed by atoms with Crippen LogP contribution in [0.4, 0.5) is 0 Å². The van der Waals surface area contributed by atoms with E-state index in [-0.39, 0.29) is 5.41 Å². The molecule has 0 atom stereocenters. The molecule has 2 aliphatic carbocycles. The third-order valence-electron chi connectivity index (χ3n) is 7.49. The molecule has 142 valence electrons. The Morgan fingerprint density at radius 3 is 1.97 bits per heavy atom. The normalized spacial score (nSPS) is 15.1. The Kier molecular flexibility index (Phi) is 2.96. The summed E-state index contributed by atoms with van der Waals surface area (Å²) in [5.74, 6) is 0. The molecule has 0 radical (unpaired) electrons. The fraction of sp³-hybridized carbons (Fsp3) is 0.133. The molecule has 0 aromatic heterocycles. The van der Waals surface area contributed by atoms with Gasteiger partial charge in [0.05, 0.1) is 0 Å². The number of hydrogen-bond acceptors (Lipinski definition) is 0. The molecular formula is C30H22. The van der Waals surface area contributed by atoms with Gasteiger partial charge in [0, 0.05) is 5.41 Å². The predicted molar refractivity (Wildman–Crippen MR) is 127 cm³/mol. The average Bonchev–Trinajstić information content (AvgIpc) is 3.28. The molecule has 0 heteroatoms. The highest BCUT2D eigenvalue weighted by Gasteiger charge is 2.39. The SMILES string of the molecule is CC1(C)c2ccccc2-c2c1ccc1c2-c2c(c3ccccc3c3ccccc23)C1. The van der Waals surface area contributed by atoms with E-state index >= 15 is 0 Å². The van der Waals surface area contributed by atoms with Gasteiger partial charge in [-0.15, -0.1) is 0 Å². The topological polar surface area (TPSA) is 0 Å². The number of hydrogen-bond donors (Lipinski definition) is 0. The number of rotatable bonds is 0. The Morgan fingerprint density at radius 2 is 1.17 bits per heavy atom. The van der Waals surface area contributed by atoms with E-state index in [0.29, 0.717) is 0 Å². The standard InChI is InChI=1S/C30H22/c1-30(2)25-14-8-7-13-23(25)29-26(30)16-15-18-17-24-21-11-4-3-9-19(21)20-10-5-6-12-22(20)28(24)27(18)29/h3-16H,17H2,1-2H3. The summed E-state index contributed by atoms with van der Waals surface area (Å²) in [7, 11) is 0. The van der Waals surface area contributed by atoms with E-state index < -0.39 is 0 Å². The van der Waals surface area contributed by atoms with Gasteiger partial charge in [0.15, 0.2) is 0 Å². The fourth-order valence-corrected chi connectivity index (χ4v) is 6.14. The Hall–Kier alpha value is -3.38. The molecule has 0 saturated carbocycles. The Bertz CT molecular complexity index is 1530. The number of benzene rings is 5. The maximum Gasteiger partial charge on any atom is 0.0159 e. The summed E-state index contributed by atoms with van der Waals surface area (Å²) < 4.78 is 0. The summed E-state index contributed by atoms with van der Waals surface area (Å²) >= 11 is 0. The van der Waals surface area contributed by atoms with Gasteiger partial charge in [-0.2, -0.15) is 0 Å². The van der Waals surface area contributed by atoms with Crippen molar-refractivity contribution in [2.45, 2.75) is 25.7 Å². The molecule has 0 bridgehead atoms. The molecule has 0 fully saturated rings. The van der Waals surface area contributed by atoms with E-state index in [1.807, 2.05) is 0 Å². The largest absolute Gasteiger partial charge is 0.0619 e. The predicted octanol–water partition coefficient (Wildman–Crippen LogP) is 7.87. The third-order valence-corrected chi connectivity index (χ3v) is 7.49. The quantitative estimate of drug-likeness (QED) is 0.234. The third kappa shape index (κ3) is 1.83. The van der Waals surface area contributed by atoms with Crippen LogP contribution in [-0.4, -0.2) is 0 Å². The molecule has 0 unspecified atom stereocenters. The first-order chi connectivity index (χ1) is 14.7. The van der Waals surface area contributed by atoms with Crippen LogP contribution in [0.1, 0.15) is 36.1 Å². The van der Waals surface area contributed by atoms with Crippen molar-refractivity contribution in [2.75, 3.05) is 0 Å². The van der Waals surface area contributed by atoms with Crippen LogP contribution in [0.3, 0.4) is 0 Å². The maximum atomic E-state index is 2.39. The van der Waals surface area contributed by atoms with E-state index in [1.54, 1.807) is 0 Å². The smallest absolute Gasteiger partial charge is 0.0159 e. The van der Waals surface area contributed by atoms with Crippen LogP contribution in [-0.2, 0) is 11.8 Å². The first kappa shape index (κ1) is 16.4. The van der Waals surface area contributed by atoms with Gasteiger partial charge in [0.1, 0.15) is 0 Å². The Labute approximate surface area is 176 Å². The van der Waals surface area contributed by atoms with Crippen molar-refractivity contribution >= 4 is 21.5 Å². The zero-order valence-corrected chi connectivity index (χ0v) is 17.3. The van der Waals surface area contributed by atoms with E-state index in [4.69, 9.17) is 0 Å². The van der Waals surface area contributed by atoms with Crippen LogP contribution in [0.25, 0.3) is 43.8 Å². The first-order valence-electron chi connectivity index (χ1n) is 10.8. The van der Waals surface area contributed by atoms with Crippen LogP contribution >= 0.6 is 0 Å². The molecule has 5 aromatic carbocycles. The minimum Gasteiger partial charge on any atom is -0.0619 e. The minimum atomic E-state index is 0.0381. The average molecular weight is 383 g/mol. The molecule has 2 aliphatic rings. The number of fused-ring (bicyclic) bond motifs is 12. The molecule has 0 nitrogen and oxygen atoms in total. The maximum absolute atomic E-state index is 2.39. The molecule has 5 aromatic rings. The highest BCUT2D eigenvalue weighted by atomic mass is 14.4. The molecule has 0 heterocycles. The molecular weight excluding hydrogens is 360 g/mol. The van der Waals surface area contributed by atoms with Crippen molar-refractivity contribution < 1.29 is 0 Å². The van der Waals surface area contributed by atoms with Gasteiger partial charge in [0.25, 0.3) is 0 Å². The molecule has 0 aliphatic heterocycles. The summed E-state index contributed by atoms with van der Waals surface area (Å²) in [6.07, 6.45) is 1.02. The summed E-state index contributed by atoms with van der Waals surface area (Å²) in [5.41, 5.74) is 11.7. The van der Waals surface area contributed by atoms with E-state index in [9.17, 15) is 0 Å². The van der Waals surface area contributed by atoms with Crippen LogP contribution in [0.15, 0.2) is 84.9 Å². The van der Waals surface area contributed by atoms with Crippen LogP contribution < -0.4 is 0 Å². The fourth-order valence-electron chi connectivity index (χ4n) is 6.14. The van der Waals surface area contributed by atoms with Gasteiger partial charge in [-0.25, -0.2) is 0 Å². The molecule has 0 N–H and O–H groups in total. The molecule has 0 spiro atoms. The second kappa shape index (κ2) is 5.40. The van der Waals surface area contributed by atoms with Crippen molar-refractivity contribution in [3.63, 3.8) is 0 Å². The van der Waals surface area contributed by atoms with Crippen LogP contribution in [0, 0.1) is 0 Å². The van der Waals surface area contributed by atoms with Crippen molar-refractivity contribution in [3.8, 4) is 22.3 Å². The zero-order valence-electron chi connectivity index (χ0n) is 17.3. The van der Waals surface area contributed by atoms with Crippen molar-refractivity contribution in [2.24, 2.45) is 0 Å². The van der Waals surface area contributed by atoms with E-state index in [1.165, 1.54) is 66.1 Å². The lowest BCUT2D eigenvalue weighted by molar-refractivity contribution is 0.660. The summed E-state index contributed by atoms with van der Waals surface area (Å²) in [5, 5.41) is 5.53. The second-order valence-electron chi connectivity index (χ2n) is 9.31. The van der Waals surface area contributed by atoms with Gasteiger partial charge >= 0.3 is 0 Å². The van der Waals surface area contributed by atoms with Gasteiger partial charge in [-0.05, 0) is 72.5 Å². The molecule has 30 heavy (non-hydrogen) atoms. The monoisotopic (exact) mass is 382 g/mol. The summed E-state index contributed by atoms with van der Waals surface area (Å²) in [6, 6.07) is 31.7. The minimum absolute atomic E-state index is 0.0381. The van der Waals surface area contributed by atoms with Gasteiger partial charge < -0.3 is 0 Å². The van der Waals surface area contributed by atoms with Gasteiger partial charge in [0.2, 0.25) is 0 Å². The second-order valence-corrected chi connectivity index (χ2v) is 9.31. The van der Waals surface area contributed by atoms with E-state index in [0.717, 1.165) is 6.42 Å². The highest BCUT2D eigenvalue weighted by Crippen LogP contribution is 2.57. The van der Waals surface area contributed by atoms with Crippen molar-refractivity contribution in [3.05, 3.63) is 107 Å². The first-order valence-corrected chi connectivity index (χ1v) is 10.8. The van der Waals surface area contributed by atoms with Gasteiger partial charge in [-0.3, -0.25) is 0 Å². The Balaban J connectivity index is 1.70. The summed E-state index contributed by atoms with van der Waals surface area (Å²) in [4.78, 5) is 0. The summed E-state index contributed by atoms with van der Waals surface area (Å²) in [6.45, 7) is 4.75.